The van der Waals surface area contributed by atoms with Crippen LogP contribution in [0.3, 0.4) is 0 Å². The molecule has 0 aliphatic carbocycles. The molecule has 1 radical (unpaired) electrons. The van der Waals surface area contributed by atoms with Gasteiger partial charge in [-0.2, -0.15) is 0 Å². The number of hydrogen-bond acceptors (Lipinski definition) is 10. The van der Waals surface area contributed by atoms with E-state index in [9.17, 15) is 14.8 Å². The van der Waals surface area contributed by atoms with Gasteiger partial charge in [-0.15, -0.1) is 10.3 Å². The van der Waals surface area contributed by atoms with Crippen molar-refractivity contribution in [2.75, 3.05) is 11.9 Å². The topological polar surface area (TPSA) is 141 Å². The number of nitrogens with one attached hydrogen (secondary N) is 1. The number of fused-ring (bicyclic) bond motifs is 1. The summed E-state index contributed by atoms with van der Waals surface area (Å²) in [5.74, 6) is -0.693. The highest BCUT2D eigenvalue weighted by Gasteiger charge is 2.46. The fourth-order valence-corrected chi connectivity index (χ4v) is 5.49. The lowest BCUT2D eigenvalue weighted by Gasteiger charge is -2.50. The van der Waals surface area contributed by atoms with Crippen LogP contribution in [0.25, 0.3) is 11.2 Å². The molecule has 0 aromatic carbocycles. The van der Waals surface area contributed by atoms with Crippen LogP contribution in [0.5, 0.6) is 0 Å². The Balaban J connectivity index is 1.55. The first-order chi connectivity index (χ1) is 18.2. The molecule has 2 aromatic rings. The maximum atomic E-state index is 12.8. The van der Waals surface area contributed by atoms with Gasteiger partial charge in [-0.05, 0) is 40.5 Å². The van der Waals surface area contributed by atoms with Gasteiger partial charge in [0.15, 0.2) is 17.0 Å². The van der Waals surface area contributed by atoms with Crippen LogP contribution in [0.1, 0.15) is 80.9 Å². The lowest BCUT2D eigenvalue weighted by Crippen LogP contribution is -2.60. The van der Waals surface area contributed by atoms with E-state index < -0.39 is 29.5 Å². The quantitative estimate of drug-likeness (QED) is 0.489. The Morgan fingerprint density at radius 3 is 2.31 bits per heavy atom. The van der Waals surface area contributed by atoms with Crippen LogP contribution in [-0.2, 0) is 29.0 Å². The van der Waals surface area contributed by atoms with Crippen molar-refractivity contribution in [3.05, 3.63) is 12.7 Å². The number of anilines is 1. The largest absolute Gasteiger partial charge is 0.463 e. The van der Waals surface area contributed by atoms with E-state index in [1.165, 1.54) is 11.4 Å². The first-order valence-electron chi connectivity index (χ1n) is 13.6. The standard InChI is InChI=1S/C27H41N6O6/c1-15(2)24(34)37-12-19-18(39-25(35)16(3)4)9-20(38-19)32-14-30-21-22(28-13-29-23(21)32)31-17-10-26(5,6)33(36)27(7,8)11-17/h13-20H,9-12H2,1-8H3,(H,28,29,31)/t18-,19+,20+/m0/s1. The number of carbonyl (C=O) groups excluding carboxylic acids is 2. The second-order valence-corrected chi connectivity index (χ2v) is 12.5. The second kappa shape index (κ2) is 11.0. The number of piperidine rings is 1. The number of hydroxylamine groups is 2. The minimum Gasteiger partial charge on any atom is -0.463 e. The molecule has 0 unspecified atom stereocenters. The number of aromatic nitrogens is 4. The van der Waals surface area contributed by atoms with Gasteiger partial charge in [0.1, 0.15) is 31.4 Å². The molecule has 215 valence electrons. The van der Waals surface area contributed by atoms with Gasteiger partial charge in [0.2, 0.25) is 0 Å². The molecular formula is C27H41N6O6. The normalized spacial score (nSPS) is 25.4. The molecule has 0 amide bonds. The lowest BCUT2D eigenvalue weighted by atomic mass is 9.79. The van der Waals surface area contributed by atoms with Crippen LogP contribution in [0, 0.1) is 11.8 Å². The van der Waals surface area contributed by atoms with Gasteiger partial charge in [0, 0.05) is 23.5 Å². The van der Waals surface area contributed by atoms with Gasteiger partial charge in [-0.25, -0.2) is 15.0 Å². The number of hydrogen-bond donors (Lipinski definition) is 1. The fraction of sp³-hybridized carbons (Fsp3) is 0.741. The molecule has 2 saturated heterocycles. The highest BCUT2D eigenvalue weighted by molar-refractivity contribution is 5.83. The zero-order chi connectivity index (χ0) is 28.7. The third-order valence-corrected chi connectivity index (χ3v) is 7.38. The van der Waals surface area contributed by atoms with E-state index >= 15 is 0 Å². The van der Waals surface area contributed by atoms with Crippen LogP contribution in [0.2, 0.25) is 0 Å². The predicted molar refractivity (Wildman–Crippen MR) is 142 cm³/mol. The molecule has 12 heteroatoms. The number of imidazole rings is 1. The van der Waals surface area contributed by atoms with Crippen molar-refractivity contribution in [1.29, 1.82) is 0 Å². The summed E-state index contributed by atoms with van der Waals surface area (Å²) in [5.41, 5.74) is 0.0794. The van der Waals surface area contributed by atoms with E-state index in [-0.39, 0.29) is 36.4 Å². The average Bonchev–Trinajstić information content (AvgIpc) is 3.45. The third-order valence-electron chi connectivity index (χ3n) is 7.38. The molecule has 4 heterocycles. The zero-order valence-corrected chi connectivity index (χ0v) is 24.1. The van der Waals surface area contributed by atoms with Crippen LogP contribution < -0.4 is 5.32 Å². The Labute approximate surface area is 229 Å². The Morgan fingerprint density at radius 1 is 1.05 bits per heavy atom. The minimum absolute atomic E-state index is 0.0195. The summed E-state index contributed by atoms with van der Waals surface area (Å²) < 4.78 is 19.2. The minimum atomic E-state index is -0.626. The summed E-state index contributed by atoms with van der Waals surface area (Å²) in [6.45, 7) is 14.8. The van der Waals surface area contributed by atoms with E-state index in [0.717, 1.165) is 0 Å². The highest BCUT2D eigenvalue weighted by atomic mass is 16.6. The van der Waals surface area contributed by atoms with Crippen LogP contribution in [0.4, 0.5) is 5.82 Å². The van der Waals surface area contributed by atoms with Crippen molar-refractivity contribution >= 4 is 28.9 Å². The van der Waals surface area contributed by atoms with Crippen molar-refractivity contribution < 1.29 is 29.0 Å². The van der Waals surface area contributed by atoms with Gasteiger partial charge < -0.3 is 19.5 Å². The maximum absolute atomic E-state index is 12.8. The van der Waals surface area contributed by atoms with Gasteiger partial charge in [0.05, 0.1) is 18.2 Å². The number of esters is 2. The van der Waals surface area contributed by atoms with Crippen molar-refractivity contribution in [3.63, 3.8) is 0 Å². The number of nitrogens with zero attached hydrogens (tertiary/aromatic N) is 5. The Kier molecular flexibility index (Phi) is 8.21. The van der Waals surface area contributed by atoms with Crippen molar-refractivity contribution in [3.8, 4) is 0 Å². The number of rotatable bonds is 8. The van der Waals surface area contributed by atoms with Crippen molar-refractivity contribution in [2.24, 2.45) is 11.8 Å². The fourth-order valence-electron chi connectivity index (χ4n) is 5.49. The molecular weight excluding hydrogens is 504 g/mol. The highest BCUT2D eigenvalue weighted by Crippen LogP contribution is 2.39. The lowest BCUT2D eigenvalue weighted by molar-refractivity contribution is -0.288. The maximum Gasteiger partial charge on any atom is 0.308 e. The number of carbonyl (C=O) groups is 2. The molecule has 0 spiro atoms. The molecule has 2 aromatic heterocycles. The van der Waals surface area contributed by atoms with E-state index in [2.05, 4.69) is 20.3 Å². The molecule has 4 rings (SSSR count). The monoisotopic (exact) mass is 545 g/mol. The summed E-state index contributed by atoms with van der Waals surface area (Å²) in [5, 5.41) is 17.5. The first-order valence-corrected chi connectivity index (χ1v) is 13.6. The Hall–Kier alpha value is -2.83. The van der Waals surface area contributed by atoms with Crippen molar-refractivity contribution in [2.45, 2.75) is 110 Å². The van der Waals surface area contributed by atoms with Gasteiger partial charge in [-0.1, -0.05) is 27.7 Å². The molecule has 3 atom stereocenters. The molecule has 2 aliphatic rings. The molecule has 2 aliphatic heterocycles. The smallest absolute Gasteiger partial charge is 0.308 e. The summed E-state index contributed by atoms with van der Waals surface area (Å²) in [6.07, 6.45) is 3.00. The summed E-state index contributed by atoms with van der Waals surface area (Å²) in [4.78, 5) is 38.0. The summed E-state index contributed by atoms with van der Waals surface area (Å²) >= 11 is 0. The van der Waals surface area contributed by atoms with E-state index in [0.29, 0.717) is 36.2 Å². The zero-order valence-electron chi connectivity index (χ0n) is 24.1. The van der Waals surface area contributed by atoms with Crippen molar-refractivity contribution in [1.82, 2.24) is 24.6 Å². The van der Waals surface area contributed by atoms with E-state index in [4.69, 9.17) is 14.2 Å². The molecule has 2 fully saturated rings. The Bertz CT molecular complexity index is 1180. The predicted octanol–water partition coefficient (Wildman–Crippen LogP) is 3.66. The van der Waals surface area contributed by atoms with Gasteiger partial charge in [-0.3, -0.25) is 14.2 Å². The second-order valence-electron chi connectivity index (χ2n) is 12.5. The Morgan fingerprint density at radius 2 is 1.69 bits per heavy atom. The third kappa shape index (κ3) is 6.17. The van der Waals surface area contributed by atoms with Crippen LogP contribution >= 0.6 is 0 Å². The molecule has 1 N–H and O–H groups in total. The average molecular weight is 546 g/mol. The SMILES string of the molecule is CC(C)C(=O)OC[C@H]1O[C@@H](n2cnc3c(NC4CC(C)(C)N([O])C(C)(C)C4)ncnc32)C[C@@H]1OC(=O)C(C)C. The first kappa shape index (κ1) is 29.2. The van der Waals surface area contributed by atoms with E-state index in [1.54, 1.807) is 38.6 Å². The van der Waals surface area contributed by atoms with Crippen LogP contribution in [-0.4, -0.2) is 72.5 Å². The molecule has 0 saturated carbocycles. The van der Waals surface area contributed by atoms with Gasteiger partial charge >= 0.3 is 11.9 Å². The molecule has 39 heavy (non-hydrogen) atoms. The van der Waals surface area contributed by atoms with Crippen LogP contribution in [0.15, 0.2) is 12.7 Å². The van der Waals surface area contributed by atoms with E-state index in [1.807, 2.05) is 27.7 Å². The summed E-state index contributed by atoms with van der Waals surface area (Å²) in [6, 6.07) is 0.0195. The summed E-state index contributed by atoms with van der Waals surface area (Å²) in [7, 11) is 0. The molecule has 0 bridgehead atoms. The number of ether oxygens (including phenoxy) is 3. The molecule has 12 nitrogen and oxygen atoms in total. The van der Waals surface area contributed by atoms with Gasteiger partial charge in [0.25, 0.3) is 0 Å².